The summed E-state index contributed by atoms with van der Waals surface area (Å²) < 4.78 is 35.1. The van der Waals surface area contributed by atoms with Gasteiger partial charge >= 0.3 is 0 Å². The van der Waals surface area contributed by atoms with Crippen molar-refractivity contribution in [3.05, 3.63) is 59.8 Å². The van der Waals surface area contributed by atoms with E-state index in [4.69, 9.17) is 10.5 Å². The number of nitrogens with one attached hydrogen (secondary N) is 1. The fraction of sp³-hybridized carbons (Fsp3) is 0.423. The number of nitrogens with zero attached hydrogens (tertiary/aromatic N) is 6. The lowest BCUT2D eigenvalue weighted by Gasteiger charge is -2.30. The highest BCUT2D eigenvalue weighted by molar-refractivity contribution is 6.01. The van der Waals surface area contributed by atoms with Crippen molar-refractivity contribution in [2.75, 3.05) is 18.9 Å². The third-order valence-electron chi connectivity index (χ3n) is 6.99. The van der Waals surface area contributed by atoms with Gasteiger partial charge in [0, 0.05) is 49.0 Å². The van der Waals surface area contributed by atoms with E-state index >= 15 is 0 Å². The van der Waals surface area contributed by atoms with Crippen LogP contribution in [0.3, 0.4) is 0 Å². The van der Waals surface area contributed by atoms with Gasteiger partial charge in [0.2, 0.25) is 5.95 Å². The Balaban J connectivity index is 1.53. The van der Waals surface area contributed by atoms with Gasteiger partial charge in [-0.25, -0.2) is 13.3 Å². The molecule has 1 fully saturated rings. The Morgan fingerprint density at radius 1 is 1.21 bits per heavy atom. The van der Waals surface area contributed by atoms with E-state index in [0.29, 0.717) is 30.0 Å². The van der Waals surface area contributed by atoms with Crippen LogP contribution in [0.15, 0.2) is 43.0 Å². The first-order valence-electron chi connectivity index (χ1n) is 12.7. The molecule has 12 heteroatoms. The number of carbonyl (C=O) groups excluding carboxylic acids is 1. The average Bonchev–Trinajstić information content (AvgIpc) is 3.55. The number of pyridine rings is 2. The molecule has 4 aromatic heterocycles. The SMILES string of the molecule is CCC(C)NC(=O)c1cc(-c2cnn([C@H](c3ccc(C(F)F)nc3)C3CCOCC3)c2)cn2nc(N)nc12. The standard InChI is InChI=1S/C26H30F2N8O2/c1-3-15(2)32-25(37)20-10-18(13-36-24(20)33-26(29)34-36)19-12-31-35(14-19)22(16-6-8-38-9-7-16)17-4-5-21(23(27)28)30-11-17/h4-5,10-16,22-23H,3,6-9H2,1-2H3,(H2,29,34)(H,32,37)/t15?,22-/m0/s1. The number of hydrogen-bond donors (Lipinski definition) is 2. The molecule has 1 amide bonds. The van der Waals surface area contributed by atoms with E-state index in [2.05, 4.69) is 25.5 Å². The maximum absolute atomic E-state index is 13.1. The molecular formula is C26H30F2N8O2. The molecule has 0 aromatic carbocycles. The second-order valence-corrected chi connectivity index (χ2v) is 9.58. The molecule has 10 nitrogen and oxygen atoms in total. The predicted molar refractivity (Wildman–Crippen MR) is 137 cm³/mol. The van der Waals surface area contributed by atoms with E-state index in [1.807, 2.05) is 24.7 Å². The number of nitrogens with two attached hydrogens (primary N) is 1. The Morgan fingerprint density at radius 2 is 2.00 bits per heavy atom. The first-order chi connectivity index (χ1) is 18.3. The molecule has 1 saturated heterocycles. The summed E-state index contributed by atoms with van der Waals surface area (Å²) in [6, 6.07) is 4.58. The molecule has 0 saturated carbocycles. The second kappa shape index (κ2) is 10.8. The van der Waals surface area contributed by atoms with E-state index in [9.17, 15) is 13.6 Å². The van der Waals surface area contributed by atoms with Gasteiger partial charge in [-0.1, -0.05) is 13.0 Å². The highest BCUT2D eigenvalue weighted by Crippen LogP contribution is 2.35. The Kier molecular flexibility index (Phi) is 7.32. The number of fused-ring (bicyclic) bond motifs is 1. The fourth-order valence-corrected chi connectivity index (χ4v) is 4.76. The minimum atomic E-state index is -2.63. The van der Waals surface area contributed by atoms with E-state index in [1.165, 1.54) is 16.8 Å². The summed E-state index contributed by atoms with van der Waals surface area (Å²) in [5, 5.41) is 11.8. The van der Waals surface area contributed by atoms with Crippen LogP contribution < -0.4 is 11.1 Å². The number of ether oxygens (including phenoxy) is 1. The zero-order valence-electron chi connectivity index (χ0n) is 21.2. The Morgan fingerprint density at radius 3 is 2.68 bits per heavy atom. The third-order valence-corrected chi connectivity index (χ3v) is 6.99. The number of halogens is 2. The largest absolute Gasteiger partial charge is 0.381 e. The highest BCUT2D eigenvalue weighted by Gasteiger charge is 2.29. The average molecular weight is 525 g/mol. The molecule has 38 heavy (non-hydrogen) atoms. The number of nitrogen functional groups attached to an aromatic ring is 1. The fourth-order valence-electron chi connectivity index (χ4n) is 4.76. The van der Waals surface area contributed by atoms with E-state index in [0.717, 1.165) is 30.4 Å². The van der Waals surface area contributed by atoms with Crippen molar-refractivity contribution in [3.63, 3.8) is 0 Å². The lowest BCUT2D eigenvalue weighted by atomic mass is 9.87. The molecule has 3 N–H and O–H groups in total. The quantitative estimate of drug-likeness (QED) is 0.356. The second-order valence-electron chi connectivity index (χ2n) is 9.58. The molecule has 4 aromatic rings. The molecule has 0 aliphatic carbocycles. The summed E-state index contributed by atoms with van der Waals surface area (Å²) >= 11 is 0. The Bertz CT molecular complexity index is 1410. The van der Waals surface area contributed by atoms with Crippen molar-refractivity contribution in [2.45, 2.75) is 51.6 Å². The normalized spacial score (nSPS) is 16.1. The number of alkyl halides is 2. The molecule has 0 radical (unpaired) electrons. The minimum Gasteiger partial charge on any atom is -0.381 e. The van der Waals surface area contributed by atoms with Crippen LogP contribution in [0.4, 0.5) is 14.7 Å². The van der Waals surface area contributed by atoms with Gasteiger partial charge in [0.05, 0.1) is 17.8 Å². The number of amides is 1. The molecule has 0 spiro atoms. The van der Waals surface area contributed by atoms with Gasteiger partial charge < -0.3 is 15.8 Å². The molecule has 200 valence electrons. The molecule has 1 aliphatic rings. The number of rotatable bonds is 8. The maximum Gasteiger partial charge on any atom is 0.280 e. The maximum atomic E-state index is 13.1. The third kappa shape index (κ3) is 5.21. The Labute approximate surface area is 218 Å². The van der Waals surface area contributed by atoms with Crippen LogP contribution in [0.25, 0.3) is 16.8 Å². The monoisotopic (exact) mass is 524 g/mol. The van der Waals surface area contributed by atoms with Crippen LogP contribution in [-0.4, -0.2) is 54.5 Å². The van der Waals surface area contributed by atoms with Crippen LogP contribution in [0.1, 0.15) is 67.2 Å². The first kappa shape index (κ1) is 25.7. The summed E-state index contributed by atoms with van der Waals surface area (Å²) in [4.78, 5) is 21.3. The zero-order valence-corrected chi connectivity index (χ0v) is 21.2. The topological polar surface area (TPSA) is 125 Å². The van der Waals surface area contributed by atoms with Crippen LogP contribution >= 0.6 is 0 Å². The van der Waals surface area contributed by atoms with E-state index in [1.54, 1.807) is 24.5 Å². The van der Waals surface area contributed by atoms with Gasteiger partial charge in [-0.15, -0.1) is 5.10 Å². The number of hydrogen-bond acceptors (Lipinski definition) is 7. The highest BCUT2D eigenvalue weighted by atomic mass is 19.3. The molecule has 5 rings (SSSR count). The summed E-state index contributed by atoms with van der Waals surface area (Å²) in [6.07, 6.45) is 6.62. The van der Waals surface area contributed by atoms with Gasteiger partial charge in [-0.3, -0.25) is 14.5 Å². The van der Waals surface area contributed by atoms with Crippen molar-refractivity contribution < 1.29 is 18.3 Å². The smallest absolute Gasteiger partial charge is 0.280 e. The molecule has 1 unspecified atom stereocenters. The van der Waals surface area contributed by atoms with Crippen molar-refractivity contribution >= 4 is 17.5 Å². The lowest BCUT2D eigenvalue weighted by Crippen LogP contribution is -2.32. The van der Waals surface area contributed by atoms with Crippen LogP contribution in [0, 0.1) is 5.92 Å². The van der Waals surface area contributed by atoms with Crippen molar-refractivity contribution in [1.82, 2.24) is 34.7 Å². The molecule has 0 bridgehead atoms. The van der Waals surface area contributed by atoms with Gasteiger partial charge in [0.1, 0.15) is 5.69 Å². The Hall–Kier alpha value is -3.93. The van der Waals surface area contributed by atoms with E-state index < -0.39 is 6.43 Å². The zero-order chi connectivity index (χ0) is 26.8. The molecule has 5 heterocycles. The molecular weight excluding hydrogens is 494 g/mol. The van der Waals surface area contributed by atoms with Crippen LogP contribution in [0.2, 0.25) is 0 Å². The van der Waals surface area contributed by atoms with Crippen LogP contribution in [0.5, 0.6) is 0 Å². The minimum absolute atomic E-state index is 0.0143. The van der Waals surface area contributed by atoms with E-state index in [-0.39, 0.29) is 35.6 Å². The summed E-state index contributed by atoms with van der Waals surface area (Å²) in [5.41, 5.74) is 8.56. The predicted octanol–water partition coefficient (Wildman–Crippen LogP) is 4.05. The molecule has 1 aliphatic heterocycles. The van der Waals surface area contributed by atoms with Gasteiger partial charge in [-0.2, -0.15) is 10.1 Å². The summed E-state index contributed by atoms with van der Waals surface area (Å²) in [7, 11) is 0. The summed E-state index contributed by atoms with van der Waals surface area (Å²) in [5.74, 6) is -0.0174. The van der Waals surface area contributed by atoms with Crippen molar-refractivity contribution in [2.24, 2.45) is 5.92 Å². The lowest BCUT2D eigenvalue weighted by molar-refractivity contribution is 0.0526. The number of aromatic nitrogens is 6. The summed E-state index contributed by atoms with van der Waals surface area (Å²) in [6.45, 7) is 5.17. The van der Waals surface area contributed by atoms with Gasteiger partial charge in [-0.05, 0) is 49.8 Å². The van der Waals surface area contributed by atoms with Crippen LogP contribution in [-0.2, 0) is 4.74 Å². The molecule has 2 atom stereocenters. The van der Waals surface area contributed by atoms with Crippen molar-refractivity contribution in [1.29, 1.82) is 0 Å². The number of anilines is 1. The van der Waals surface area contributed by atoms with Gasteiger partial charge in [0.15, 0.2) is 5.65 Å². The first-order valence-corrected chi connectivity index (χ1v) is 12.7. The number of carbonyl (C=O) groups is 1. The van der Waals surface area contributed by atoms with Gasteiger partial charge in [0.25, 0.3) is 12.3 Å². The van der Waals surface area contributed by atoms with Crippen molar-refractivity contribution in [3.8, 4) is 11.1 Å².